The lowest BCUT2D eigenvalue weighted by Gasteiger charge is -2.42. The average Bonchev–Trinajstić information content (AvgIpc) is 2.35. The van der Waals surface area contributed by atoms with Crippen LogP contribution in [0.3, 0.4) is 0 Å². The molecule has 0 saturated heterocycles. The van der Waals surface area contributed by atoms with Gasteiger partial charge in [-0.2, -0.15) is 0 Å². The summed E-state index contributed by atoms with van der Waals surface area (Å²) in [5.74, 6) is 0. The molecule has 1 saturated carbocycles. The number of benzene rings is 1. The van der Waals surface area contributed by atoms with E-state index in [1.807, 2.05) is 12.1 Å². The van der Waals surface area contributed by atoms with Crippen LogP contribution in [-0.2, 0) is 0 Å². The molecule has 1 aliphatic rings. The molecule has 1 atom stereocenters. The molecule has 4 heteroatoms. The molecule has 1 aromatic rings. The van der Waals surface area contributed by atoms with E-state index in [9.17, 15) is 0 Å². The smallest absolute Gasteiger partial charge is 0.0781 e. The van der Waals surface area contributed by atoms with E-state index >= 15 is 0 Å². The van der Waals surface area contributed by atoms with Crippen molar-refractivity contribution in [3.8, 4) is 0 Å². The Bertz CT molecular complexity index is 449. The maximum Gasteiger partial charge on any atom is 0.0781 e. The van der Waals surface area contributed by atoms with Crippen LogP contribution in [0.5, 0.6) is 0 Å². The summed E-state index contributed by atoms with van der Waals surface area (Å²) in [4.78, 5) is 0. The van der Waals surface area contributed by atoms with Crippen LogP contribution in [0, 0.1) is 5.41 Å². The largest absolute Gasteiger partial charge is 0.310 e. The fourth-order valence-corrected chi connectivity index (χ4v) is 3.39. The van der Waals surface area contributed by atoms with E-state index in [0.29, 0.717) is 20.5 Å². The van der Waals surface area contributed by atoms with Crippen LogP contribution >= 0.6 is 34.8 Å². The Balaban J connectivity index is 2.04. The minimum atomic E-state index is 0.186. The number of rotatable bonds is 5. The molecule has 19 heavy (non-hydrogen) atoms. The molecule has 0 aromatic heterocycles. The summed E-state index contributed by atoms with van der Waals surface area (Å²) in [7, 11) is 0. The predicted octanol–water partition coefficient (Wildman–Crippen LogP) is 5.88. The Morgan fingerprint density at radius 2 is 1.89 bits per heavy atom. The van der Waals surface area contributed by atoms with Crippen molar-refractivity contribution in [1.82, 2.24) is 5.32 Å². The van der Waals surface area contributed by atoms with Gasteiger partial charge in [0.1, 0.15) is 0 Å². The van der Waals surface area contributed by atoms with Gasteiger partial charge in [-0.25, -0.2) is 0 Å². The van der Waals surface area contributed by atoms with E-state index in [4.69, 9.17) is 34.8 Å². The summed E-state index contributed by atoms with van der Waals surface area (Å²) < 4.78 is 0. The zero-order valence-electron chi connectivity index (χ0n) is 11.4. The van der Waals surface area contributed by atoms with Gasteiger partial charge >= 0.3 is 0 Å². The third-order valence-corrected chi connectivity index (χ3v) is 5.79. The SMILES string of the molecule is CCC1(CNC(C)c2ccc(Cl)c(Cl)c2Cl)CCC1. The van der Waals surface area contributed by atoms with E-state index < -0.39 is 0 Å². The van der Waals surface area contributed by atoms with E-state index in [1.165, 1.54) is 25.7 Å². The van der Waals surface area contributed by atoms with Crippen molar-refractivity contribution < 1.29 is 0 Å². The number of halogens is 3. The van der Waals surface area contributed by atoms with Gasteiger partial charge in [-0.05, 0) is 43.2 Å². The molecule has 1 nitrogen and oxygen atoms in total. The van der Waals surface area contributed by atoms with Crippen LogP contribution in [0.4, 0.5) is 0 Å². The summed E-state index contributed by atoms with van der Waals surface area (Å²) in [6, 6.07) is 3.95. The first-order valence-corrected chi connectivity index (χ1v) is 7.99. The molecular formula is C15H20Cl3N. The Kier molecular flexibility index (Phi) is 5.05. The summed E-state index contributed by atoms with van der Waals surface area (Å²) in [6.07, 6.45) is 5.26. The summed E-state index contributed by atoms with van der Waals surface area (Å²) in [6.45, 7) is 5.44. The van der Waals surface area contributed by atoms with Gasteiger partial charge in [-0.3, -0.25) is 0 Å². The van der Waals surface area contributed by atoms with Gasteiger partial charge in [0.05, 0.1) is 15.1 Å². The highest BCUT2D eigenvalue weighted by Gasteiger charge is 2.35. The van der Waals surface area contributed by atoms with Crippen LogP contribution in [0.2, 0.25) is 15.1 Å². The molecular weight excluding hydrogens is 301 g/mol. The molecule has 1 aromatic carbocycles. The molecule has 106 valence electrons. The van der Waals surface area contributed by atoms with Crippen molar-refractivity contribution in [3.05, 3.63) is 32.8 Å². The highest BCUT2D eigenvalue weighted by molar-refractivity contribution is 6.48. The second-order valence-electron chi connectivity index (χ2n) is 5.57. The van der Waals surface area contributed by atoms with Crippen LogP contribution in [0.15, 0.2) is 12.1 Å². The third-order valence-electron chi connectivity index (χ3n) is 4.48. The monoisotopic (exact) mass is 319 g/mol. The zero-order chi connectivity index (χ0) is 14.0. The Labute approximate surface area is 130 Å². The minimum Gasteiger partial charge on any atom is -0.310 e. The number of nitrogens with one attached hydrogen (secondary N) is 1. The maximum absolute atomic E-state index is 6.27. The van der Waals surface area contributed by atoms with Crippen molar-refractivity contribution in [2.24, 2.45) is 5.41 Å². The molecule has 0 aliphatic heterocycles. The van der Waals surface area contributed by atoms with Crippen molar-refractivity contribution in [2.75, 3.05) is 6.54 Å². The van der Waals surface area contributed by atoms with Gasteiger partial charge in [-0.15, -0.1) is 0 Å². The van der Waals surface area contributed by atoms with E-state index in [0.717, 1.165) is 12.1 Å². The molecule has 2 rings (SSSR count). The first-order chi connectivity index (χ1) is 8.99. The van der Waals surface area contributed by atoms with Crippen molar-refractivity contribution in [3.63, 3.8) is 0 Å². The molecule has 1 N–H and O–H groups in total. The fraction of sp³-hybridized carbons (Fsp3) is 0.600. The van der Waals surface area contributed by atoms with Crippen molar-refractivity contribution in [2.45, 2.75) is 45.6 Å². The minimum absolute atomic E-state index is 0.186. The van der Waals surface area contributed by atoms with Gasteiger partial charge in [0.15, 0.2) is 0 Å². The Hall–Kier alpha value is 0.0500. The number of hydrogen-bond donors (Lipinski definition) is 1. The van der Waals surface area contributed by atoms with Crippen LogP contribution in [0.1, 0.15) is 51.1 Å². The van der Waals surface area contributed by atoms with E-state index in [1.54, 1.807) is 0 Å². The van der Waals surface area contributed by atoms with Gasteiger partial charge in [0.25, 0.3) is 0 Å². The quantitative estimate of drug-likeness (QED) is 0.668. The molecule has 1 fully saturated rings. The van der Waals surface area contributed by atoms with Gasteiger partial charge in [0, 0.05) is 12.6 Å². The van der Waals surface area contributed by atoms with Crippen molar-refractivity contribution in [1.29, 1.82) is 0 Å². The highest BCUT2D eigenvalue weighted by Crippen LogP contribution is 2.43. The molecule has 0 bridgehead atoms. The van der Waals surface area contributed by atoms with Crippen LogP contribution in [-0.4, -0.2) is 6.54 Å². The van der Waals surface area contributed by atoms with Gasteiger partial charge in [-0.1, -0.05) is 54.2 Å². The lowest BCUT2D eigenvalue weighted by Crippen LogP contribution is -2.40. The lowest BCUT2D eigenvalue weighted by molar-refractivity contribution is 0.120. The average molecular weight is 321 g/mol. The highest BCUT2D eigenvalue weighted by atomic mass is 35.5. The second kappa shape index (κ2) is 6.22. The lowest BCUT2D eigenvalue weighted by atomic mass is 9.67. The topological polar surface area (TPSA) is 12.0 Å². The normalized spacial score (nSPS) is 19.0. The number of hydrogen-bond acceptors (Lipinski definition) is 1. The first kappa shape index (κ1) is 15.4. The predicted molar refractivity (Wildman–Crippen MR) is 84.5 cm³/mol. The fourth-order valence-electron chi connectivity index (χ4n) is 2.69. The molecule has 1 aliphatic carbocycles. The first-order valence-electron chi connectivity index (χ1n) is 6.86. The summed E-state index contributed by atoms with van der Waals surface area (Å²) in [5.41, 5.74) is 1.51. The van der Waals surface area contributed by atoms with Crippen molar-refractivity contribution >= 4 is 34.8 Å². The molecule has 0 amide bonds. The Morgan fingerprint density at radius 1 is 1.21 bits per heavy atom. The van der Waals surface area contributed by atoms with Gasteiger partial charge < -0.3 is 5.32 Å². The van der Waals surface area contributed by atoms with Crippen LogP contribution in [0.25, 0.3) is 0 Å². The molecule has 0 spiro atoms. The summed E-state index contributed by atoms with van der Waals surface area (Å²) in [5, 5.41) is 5.11. The summed E-state index contributed by atoms with van der Waals surface area (Å²) >= 11 is 18.3. The second-order valence-corrected chi connectivity index (χ2v) is 6.74. The zero-order valence-corrected chi connectivity index (χ0v) is 13.7. The molecule has 0 radical (unpaired) electrons. The van der Waals surface area contributed by atoms with Gasteiger partial charge in [0.2, 0.25) is 0 Å². The van der Waals surface area contributed by atoms with E-state index in [2.05, 4.69) is 19.2 Å². The van der Waals surface area contributed by atoms with Crippen LogP contribution < -0.4 is 5.32 Å². The Morgan fingerprint density at radius 3 is 2.42 bits per heavy atom. The van der Waals surface area contributed by atoms with E-state index in [-0.39, 0.29) is 6.04 Å². The molecule has 1 unspecified atom stereocenters. The maximum atomic E-state index is 6.27. The third kappa shape index (κ3) is 3.21. The molecule has 0 heterocycles. The standard InChI is InChI=1S/C15H20Cl3N/c1-3-15(7-4-8-15)9-19-10(2)11-5-6-12(16)14(18)13(11)17/h5-6,10,19H,3-4,7-9H2,1-2H3.